The van der Waals surface area contributed by atoms with Crippen LogP contribution in [0.3, 0.4) is 0 Å². The number of ether oxygens (including phenoxy) is 1. The van der Waals surface area contributed by atoms with Crippen LogP contribution in [-0.4, -0.2) is 12.1 Å². The number of aryl methyl sites for hydroxylation is 1. The van der Waals surface area contributed by atoms with E-state index in [1.165, 1.54) is 5.56 Å². The van der Waals surface area contributed by atoms with Crippen molar-refractivity contribution in [3.05, 3.63) is 35.9 Å². The van der Waals surface area contributed by atoms with Gasteiger partial charge < -0.3 is 4.74 Å². The van der Waals surface area contributed by atoms with Crippen LogP contribution in [0.15, 0.2) is 30.3 Å². The van der Waals surface area contributed by atoms with Gasteiger partial charge in [0.15, 0.2) is 0 Å². The molecule has 19 heavy (non-hydrogen) atoms. The molecule has 2 heteroatoms. The van der Waals surface area contributed by atoms with E-state index in [4.69, 9.17) is 4.74 Å². The molecule has 0 amide bonds. The maximum Gasteiger partial charge on any atom is 0.306 e. The largest absolute Gasteiger partial charge is 0.462 e. The summed E-state index contributed by atoms with van der Waals surface area (Å²) < 4.78 is 5.57. The third kappa shape index (κ3) is 5.91. The Labute approximate surface area is 117 Å². The van der Waals surface area contributed by atoms with Gasteiger partial charge in [0.1, 0.15) is 6.10 Å². The third-order valence-corrected chi connectivity index (χ3v) is 3.27. The minimum atomic E-state index is -0.0664. The summed E-state index contributed by atoms with van der Waals surface area (Å²) >= 11 is 0. The fraction of sp³-hybridized carbons (Fsp3) is 0.588. The number of benzene rings is 1. The lowest BCUT2D eigenvalue weighted by atomic mass is 9.96. The van der Waals surface area contributed by atoms with Crippen molar-refractivity contribution in [1.29, 1.82) is 0 Å². The standard InChI is InChI=1S/C17H26O2/c1-13(2)17(14(3)4)19-16(18)12-8-11-15-9-6-5-7-10-15/h5-7,9-10,13-14,17H,8,11-12H2,1-4H3. The van der Waals surface area contributed by atoms with E-state index >= 15 is 0 Å². The van der Waals surface area contributed by atoms with Crippen molar-refractivity contribution in [3.8, 4) is 0 Å². The predicted octanol–water partition coefficient (Wildman–Crippen LogP) is 4.23. The van der Waals surface area contributed by atoms with E-state index in [2.05, 4.69) is 39.8 Å². The molecule has 1 rings (SSSR count). The normalized spacial score (nSPS) is 11.3. The lowest BCUT2D eigenvalue weighted by Gasteiger charge is -2.24. The fourth-order valence-corrected chi connectivity index (χ4v) is 2.33. The van der Waals surface area contributed by atoms with Crippen molar-refractivity contribution >= 4 is 5.97 Å². The Kier molecular flexibility index (Phi) is 6.61. The highest BCUT2D eigenvalue weighted by Gasteiger charge is 2.21. The van der Waals surface area contributed by atoms with E-state index in [9.17, 15) is 4.79 Å². The molecule has 0 spiro atoms. The van der Waals surface area contributed by atoms with Crippen LogP contribution in [-0.2, 0) is 16.0 Å². The summed E-state index contributed by atoms with van der Waals surface area (Å²) in [7, 11) is 0. The monoisotopic (exact) mass is 262 g/mol. The molecule has 0 N–H and O–H groups in total. The van der Waals surface area contributed by atoms with E-state index < -0.39 is 0 Å². The summed E-state index contributed by atoms with van der Waals surface area (Å²) in [5.41, 5.74) is 1.28. The zero-order valence-electron chi connectivity index (χ0n) is 12.6. The van der Waals surface area contributed by atoms with Gasteiger partial charge in [-0.1, -0.05) is 58.0 Å². The SMILES string of the molecule is CC(C)C(OC(=O)CCCc1ccccc1)C(C)C. The van der Waals surface area contributed by atoms with Crippen LogP contribution in [0, 0.1) is 11.8 Å². The van der Waals surface area contributed by atoms with Crippen LogP contribution < -0.4 is 0 Å². The minimum absolute atomic E-state index is 0.0317. The molecule has 2 nitrogen and oxygen atoms in total. The Bertz CT molecular complexity index is 360. The summed E-state index contributed by atoms with van der Waals surface area (Å²) in [5.74, 6) is 0.680. The molecule has 0 fully saturated rings. The number of carbonyl (C=O) groups excluding carboxylic acids is 1. The van der Waals surface area contributed by atoms with Gasteiger partial charge in [0.2, 0.25) is 0 Å². The number of esters is 1. The van der Waals surface area contributed by atoms with Gasteiger partial charge in [-0.2, -0.15) is 0 Å². The van der Waals surface area contributed by atoms with Crippen LogP contribution >= 0.6 is 0 Å². The summed E-state index contributed by atoms with van der Waals surface area (Å²) in [6.45, 7) is 8.40. The van der Waals surface area contributed by atoms with E-state index in [1.807, 2.05) is 18.2 Å². The smallest absolute Gasteiger partial charge is 0.306 e. The van der Waals surface area contributed by atoms with Crippen molar-refractivity contribution in [2.75, 3.05) is 0 Å². The Balaban J connectivity index is 2.31. The molecular formula is C17H26O2. The third-order valence-electron chi connectivity index (χ3n) is 3.27. The first-order chi connectivity index (χ1) is 9.00. The van der Waals surface area contributed by atoms with Crippen molar-refractivity contribution < 1.29 is 9.53 Å². The van der Waals surface area contributed by atoms with E-state index in [0.29, 0.717) is 18.3 Å². The van der Waals surface area contributed by atoms with Crippen LogP contribution in [0.4, 0.5) is 0 Å². The maximum atomic E-state index is 11.8. The van der Waals surface area contributed by atoms with Gasteiger partial charge in [0.05, 0.1) is 0 Å². The number of hydrogen-bond acceptors (Lipinski definition) is 2. The Morgan fingerprint density at radius 2 is 1.63 bits per heavy atom. The first-order valence-corrected chi connectivity index (χ1v) is 7.24. The van der Waals surface area contributed by atoms with Gasteiger partial charge in [-0.15, -0.1) is 0 Å². The zero-order valence-corrected chi connectivity index (χ0v) is 12.6. The van der Waals surface area contributed by atoms with Gasteiger partial charge in [-0.05, 0) is 30.2 Å². The Morgan fingerprint density at radius 1 is 1.05 bits per heavy atom. The second-order valence-corrected chi connectivity index (χ2v) is 5.78. The summed E-state index contributed by atoms with van der Waals surface area (Å²) in [4.78, 5) is 11.8. The summed E-state index contributed by atoms with van der Waals surface area (Å²) in [5, 5.41) is 0. The second-order valence-electron chi connectivity index (χ2n) is 5.78. The molecule has 0 aliphatic carbocycles. The van der Waals surface area contributed by atoms with Crippen molar-refractivity contribution in [2.45, 2.75) is 53.1 Å². The quantitative estimate of drug-likeness (QED) is 0.687. The molecule has 0 aliphatic rings. The fourth-order valence-electron chi connectivity index (χ4n) is 2.33. The average Bonchev–Trinajstić information content (AvgIpc) is 2.36. The van der Waals surface area contributed by atoms with Crippen LogP contribution in [0.25, 0.3) is 0 Å². The van der Waals surface area contributed by atoms with Crippen LogP contribution in [0.1, 0.15) is 46.1 Å². The molecule has 0 unspecified atom stereocenters. The minimum Gasteiger partial charge on any atom is -0.462 e. The molecule has 0 saturated carbocycles. The van der Waals surface area contributed by atoms with Gasteiger partial charge in [-0.3, -0.25) is 4.79 Å². The number of carbonyl (C=O) groups is 1. The highest BCUT2D eigenvalue weighted by Crippen LogP contribution is 2.17. The maximum absolute atomic E-state index is 11.8. The lowest BCUT2D eigenvalue weighted by Crippen LogP contribution is -2.28. The molecule has 0 heterocycles. The Morgan fingerprint density at radius 3 is 2.16 bits per heavy atom. The Hall–Kier alpha value is -1.31. The van der Waals surface area contributed by atoms with Crippen LogP contribution in [0.2, 0.25) is 0 Å². The van der Waals surface area contributed by atoms with E-state index in [1.54, 1.807) is 0 Å². The zero-order chi connectivity index (χ0) is 14.3. The molecule has 0 atom stereocenters. The summed E-state index contributed by atoms with van der Waals surface area (Å²) in [6, 6.07) is 10.3. The second kappa shape index (κ2) is 7.98. The van der Waals surface area contributed by atoms with Gasteiger partial charge in [0.25, 0.3) is 0 Å². The molecule has 0 bridgehead atoms. The molecule has 0 aromatic heterocycles. The number of hydrogen-bond donors (Lipinski definition) is 0. The molecule has 0 aliphatic heterocycles. The molecule has 1 aromatic carbocycles. The highest BCUT2D eigenvalue weighted by molar-refractivity contribution is 5.69. The molecule has 0 saturated heterocycles. The molecule has 1 aromatic rings. The first kappa shape index (κ1) is 15.7. The van der Waals surface area contributed by atoms with Crippen LogP contribution in [0.5, 0.6) is 0 Å². The predicted molar refractivity (Wildman–Crippen MR) is 78.9 cm³/mol. The first-order valence-electron chi connectivity index (χ1n) is 7.24. The lowest BCUT2D eigenvalue weighted by molar-refractivity contribution is -0.154. The summed E-state index contributed by atoms with van der Waals surface area (Å²) in [6.07, 6.45) is 2.32. The van der Waals surface area contributed by atoms with Crippen molar-refractivity contribution in [3.63, 3.8) is 0 Å². The average molecular weight is 262 g/mol. The molecular weight excluding hydrogens is 236 g/mol. The van der Waals surface area contributed by atoms with Gasteiger partial charge >= 0.3 is 5.97 Å². The molecule has 0 radical (unpaired) electrons. The van der Waals surface area contributed by atoms with Gasteiger partial charge in [-0.25, -0.2) is 0 Å². The van der Waals surface area contributed by atoms with E-state index in [-0.39, 0.29) is 12.1 Å². The van der Waals surface area contributed by atoms with Crippen molar-refractivity contribution in [2.24, 2.45) is 11.8 Å². The molecule has 106 valence electrons. The van der Waals surface area contributed by atoms with E-state index in [0.717, 1.165) is 12.8 Å². The number of rotatable bonds is 7. The van der Waals surface area contributed by atoms with Gasteiger partial charge in [0, 0.05) is 6.42 Å². The highest BCUT2D eigenvalue weighted by atomic mass is 16.5. The topological polar surface area (TPSA) is 26.3 Å². The van der Waals surface area contributed by atoms with Crippen molar-refractivity contribution in [1.82, 2.24) is 0 Å².